The van der Waals surface area contributed by atoms with E-state index in [1.807, 2.05) is 0 Å². The van der Waals surface area contributed by atoms with Crippen molar-refractivity contribution in [3.05, 3.63) is 59.2 Å². The molecule has 0 bridgehead atoms. The highest BCUT2D eigenvalue weighted by atomic mass is 32.2. The third kappa shape index (κ3) is 4.87. The highest BCUT2D eigenvalue weighted by molar-refractivity contribution is 7.91. The second-order valence-corrected chi connectivity index (χ2v) is 8.84. The van der Waals surface area contributed by atoms with Crippen molar-refractivity contribution in [2.24, 2.45) is 0 Å². The molecule has 0 saturated carbocycles. The van der Waals surface area contributed by atoms with Gasteiger partial charge in [-0.05, 0) is 30.3 Å². The highest BCUT2D eigenvalue weighted by Gasteiger charge is 2.58. The predicted molar refractivity (Wildman–Crippen MR) is 98.3 cm³/mol. The Balaban J connectivity index is 2.49. The van der Waals surface area contributed by atoms with E-state index in [4.69, 9.17) is 0 Å². The van der Waals surface area contributed by atoms with Gasteiger partial charge >= 0.3 is 18.3 Å². The molecule has 0 spiro atoms. The topological polar surface area (TPSA) is 54.5 Å². The molecule has 0 aliphatic carbocycles. The predicted octanol–water partition coefficient (Wildman–Crippen LogP) is 5.43. The Morgan fingerprint density at radius 1 is 0.875 bits per heavy atom. The second kappa shape index (κ2) is 8.34. The second-order valence-electron chi connectivity index (χ2n) is 6.60. The van der Waals surface area contributed by atoms with Gasteiger partial charge in [0, 0.05) is 18.3 Å². The van der Waals surface area contributed by atoms with Crippen LogP contribution in [0.15, 0.2) is 47.4 Å². The standard InChI is InChI=1S/C19H15F8NO3S/c1-3-32(30,31)15-10-12(18(22,23)24)6-9-14(15)16(29)28(2)13-7-4-11(5-8-13)17(20,21)19(25,26)27/h4-10H,3H2,1-2H3. The van der Waals surface area contributed by atoms with E-state index in [1.165, 1.54) is 0 Å². The van der Waals surface area contributed by atoms with Crippen LogP contribution in [0, 0.1) is 0 Å². The van der Waals surface area contributed by atoms with Crippen molar-refractivity contribution >= 4 is 21.4 Å². The Bertz CT molecular complexity index is 1110. The molecule has 0 saturated heterocycles. The van der Waals surface area contributed by atoms with E-state index in [2.05, 4.69) is 0 Å². The minimum absolute atomic E-state index is 0.198. The first-order valence-electron chi connectivity index (χ1n) is 8.70. The lowest BCUT2D eigenvalue weighted by Crippen LogP contribution is -2.33. The molecular weight excluding hydrogens is 474 g/mol. The van der Waals surface area contributed by atoms with Crippen molar-refractivity contribution in [3.63, 3.8) is 0 Å². The number of nitrogens with zero attached hydrogens (tertiary/aromatic N) is 1. The van der Waals surface area contributed by atoms with Gasteiger partial charge in [0.05, 0.1) is 21.8 Å². The summed E-state index contributed by atoms with van der Waals surface area (Å²) in [5, 5.41) is 0. The minimum Gasteiger partial charge on any atom is -0.311 e. The number of hydrogen-bond acceptors (Lipinski definition) is 3. The lowest BCUT2D eigenvalue weighted by molar-refractivity contribution is -0.289. The molecule has 0 N–H and O–H groups in total. The maximum absolute atomic E-state index is 13.4. The molecule has 0 fully saturated rings. The molecule has 0 aliphatic heterocycles. The minimum atomic E-state index is -5.85. The number of hydrogen-bond donors (Lipinski definition) is 0. The van der Waals surface area contributed by atoms with Crippen LogP contribution in [0.4, 0.5) is 40.8 Å². The summed E-state index contributed by atoms with van der Waals surface area (Å²) in [6.45, 7) is 1.16. The molecule has 32 heavy (non-hydrogen) atoms. The van der Waals surface area contributed by atoms with Crippen LogP contribution in [0.1, 0.15) is 28.4 Å². The molecule has 0 aromatic heterocycles. The van der Waals surface area contributed by atoms with Gasteiger partial charge in [0.1, 0.15) is 0 Å². The van der Waals surface area contributed by atoms with E-state index in [9.17, 15) is 48.3 Å². The summed E-state index contributed by atoms with van der Waals surface area (Å²) in [5.74, 6) is -6.87. The molecule has 0 aliphatic rings. The van der Waals surface area contributed by atoms with Crippen LogP contribution in [-0.2, 0) is 21.9 Å². The van der Waals surface area contributed by atoms with Gasteiger partial charge in [-0.2, -0.15) is 35.1 Å². The van der Waals surface area contributed by atoms with Crippen LogP contribution in [0.25, 0.3) is 0 Å². The van der Waals surface area contributed by atoms with Crippen LogP contribution < -0.4 is 4.90 Å². The average Bonchev–Trinajstić information content (AvgIpc) is 2.70. The van der Waals surface area contributed by atoms with E-state index >= 15 is 0 Å². The van der Waals surface area contributed by atoms with Crippen molar-refractivity contribution in [1.82, 2.24) is 0 Å². The molecule has 0 atom stereocenters. The average molecular weight is 489 g/mol. The fourth-order valence-corrected chi connectivity index (χ4v) is 3.75. The fraction of sp³-hybridized carbons (Fsp3) is 0.316. The van der Waals surface area contributed by atoms with Gasteiger partial charge in [0.15, 0.2) is 9.84 Å². The molecule has 0 heterocycles. The van der Waals surface area contributed by atoms with E-state index in [0.717, 1.165) is 26.1 Å². The summed E-state index contributed by atoms with van der Waals surface area (Å²) in [7, 11) is -3.23. The summed E-state index contributed by atoms with van der Waals surface area (Å²) in [5.41, 5.74) is -3.51. The molecule has 2 aromatic carbocycles. The molecule has 4 nitrogen and oxygen atoms in total. The Morgan fingerprint density at radius 3 is 1.81 bits per heavy atom. The van der Waals surface area contributed by atoms with E-state index < -0.39 is 61.4 Å². The molecule has 2 rings (SSSR count). The Morgan fingerprint density at radius 2 is 1.38 bits per heavy atom. The molecular formula is C19H15F8NO3S. The molecule has 0 radical (unpaired) electrons. The quantitative estimate of drug-likeness (QED) is 0.527. The van der Waals surface area contributed by atoms with Crippen molar-refractivity contribution < 1.29 is 48.3 Å². The smallest absolute Gasteiger partial charge is 0.311 e. The number of amides is 1. The van der Waals surface area contributed by atoms with Crippen molar-refractivity contribution in [2.75, 3.05) is 17.7 Å². The van der Waals surface area contributed by atoms with Crippen LogP contribution in [0.5, 0.6) is 0 Å². The van der Waals surface area contributed by atoms with E-state index in [0.29, 0.717) is 35.2 Å². The van der Waals surface area contributed by atoms with Crippen molar-refractivity contribution in [2.45, 2.75) is 30.1 Å². The van der Waals surface area contributed by atoms with Gasteiger partial charge in [-0.25, -0.2) is 8.42 Å². The summed E-state index contributed by atoms with van der Waals surface area (Å²) in [6.07, 6.45) is -10.7. The Labute approximate surface area is 177 Å². The zero-order chi connectivity index (χ0) is 24.7. The third-order valence-corrected chi connectivity index (χ3v) is 6.30. The van der Waals surface area contributed by atoms with Crippen molar-refractivity contribution in [1.29, 1.82) is 0 Å². The van der Waals surface area contributed by atoms with Gasteiger partial charge in [-0.3, -0.25) is 4.79 Å². The monoisotopic (exact) mass is 489 g/mol. The highest BCUT2D eigenvalue weighted by Crippen LogP contribution is 2.44. The summed E-state index contributed by atoms with van der Waals surface area (Å²) in [4.78, 5) is 12.6. The van der Waals surface area contributed by atoms with Gasteiger partial charge in [0.2, 0.25) is 0 Å². The lowest BCUT2D eigenvalue weighted by Gasteiger charge is -2.22. The molecule has 0 unspecified atom stereocenters. The largest absolute Gasteiger partial charge is 0.458 e. The molecule has 1 amide bonds. The number of halogens is 8. The maximum atomic E-state index is 13.4. The number of carbonyl (C=O) groups excluding carboxylic acids is 1. The number of alkyl halides is 8. The first-order chi connectivity index (χ1) is 14.4. The van der Waals surface area contributed by atoms with E-state index in [1.54, 1.807) is 0 Å². The van der Waals surface area contributed by atoms with E-state index in [-0.39, 0.29) is 5.69 Å². The van der Waals surface area contributed by atoms with Gasteiger partial charge < -0.3 is 4.90 Å². The number of anilines is 1. The zero-order valence-corrected chi connectivity index (χ0v) is 17.2. The first kappa shape index (κ1) is 25.6. The summed E-state index contributed by atoms with van der Waals surface area (Å²) < 4.78 is 128. The van der Waals surface area contributed by atoms with Crippen LogP contribution in [0.3, 0.4) is 0 Å². The maximum Gasteiger partial charge on any atom is 0.458 e. The van der Waals surface area contributed by atoms with Crippen LogP contribution >= 0.6 is 0 Å². The lowest BCUT2D eigenvalue weighted by atomic mass is 10.1. The normalized spacial score (nSPS) is 13.2. The Hall–Kier alpha value is -2.70. The van der Waals surface area contributed by atoms with Gasteiger partial charge in [-0.15, -0.1) is 0 Å². The SMILES string of the molecule is CCS(=O)(=O)c1cc(C(F)(F)F)ccc1C(=O)N(C)c1ccc(C(F)(F)C(F)(F)F)cc1. The van der Waals surface area contributed by atoms with Gasteiger partial charge in [0.25, 0.3) is 5.91 Å². The van der Waals surface area contributed by atoms with Crippen LogP contribution in [0.2, 0.25) is 0 Å². The summed E-state index contributed by atoms with van der Waals surface area (Å²) in [6, 6.07) is 3.88. The number of carbonyl (C=O) groups is 1. The molecule has 13 heteroatoms. The van der Waals surface area contributed by atoms with Crippen LogP contribution in [-0.4, -0.2) is 33.3 Å². The zero-order valence-electron chi connectivity index (χ0n) is 16.4. The number of sulfone groups is 1. The number of benzene rings is 2. The van der Waals surface area contributed by atoms with Crippen molar-refractivity contribution in [3.8, 4) is 0 Å². The summed E-state index contributed by atoms with van der Waals surface area (Å²) >= 11 is 0. The first-order valence-corrected chi connectivity index (χ1v) is 10.4. The Kier molecular flexibility index (Phi) is 6.66. The third-order valence-electron chi connectivity index (χ3n) is 4.53. The van der Waals surface area contributed by atoms with Gasteiger partial charge in [-0.1, -0.05) is 19.1 Å². The molecule has 176 valence electrons. The fourth-order valence-electron chi connectivity index (χ4n) is 2.64. The molecule has 2 aromatic rings. The number of rotatable bonds is 5.